The zero-order valence-corrected chi connectivity index (χ0v) is 43.0. The molecule has 3 aromatic rings. The maximum atomic E-state index is 13.7. The van der Waals surface area contributed by atoms with Crippen molar-refractivity contribution < 1.29 is 32.7 Å². The third-order valence-corrected chi connectivity index (χ3v) is 14.4. The predicted octanol–water partition coefficient (Wildman–Crippen LogP) is 8.70. The second kappa shape index (κ2) is 22.4. The third-order valence-electron chi connectivity index (χ3n) is 12.8. The van der Waals surface area contributed by atoms with Gasteiger partial charge in [0.2, 0.25) is 11.8 Å². The lowest BCUT2D eigenvalue weighted by Crippen LogP contribution is -2.51. The van der Waals surface area contributed by atoms with Gasteiger partial charge in [0.1, 0.15) is 17.8 Å². The van der Waals surface area contributed by atoms with Crippen LogP contribution in [0.5, 0.6) is 5.75 Å². The number of benzene rings is 1. The molecule has 14 nitrogen and oxygen atoms in total. The van der Waals surface area contributed by atoms with Crippen molar-refractivity contribution in [1.29, 1.82) is 0 Å². The number of rotatable bonds is 21. The van der Waals surface area contributed by atoms with Crippen LogP contribution in [0.2, 0.25) is 0 Å². The van der Waals surface area contributed by atoms with E-state index in [1.54, 1.807) is 7.11 Å². The lowest BCUT2D eigenvalue weighted by Gasteiger charge is -2.36. The Hall–Kier alpha value is -4.05. The van der Waals surface area contributed by atoms with Crippen LogP contribution in [0.1, 0.15) is 126 Å². The van der Waals surface area contributed by atoms with Crippen molar-refractivity contribution in [3.8, 4) is 17.0 Å². The number of pyridine rings is 1. The first-order chi connectivity index (χ1) is 31.4. The molecule has 66 heavy (non-hydrogen) atoms. The topological polar surface area (TPSA) is 141 Å². The van der Waals surface area contributed by atoms with E-state index >= 15 is 0 Å². The molecule has 15 heteroatoms. The minimum absolute atomic E-state index is 0.161. The van der Waals surface area contributed by atoms with Gasteiger partial charge in [-0.25, -0.2) is 18.9 Å². The molecule has 1 aromatic carbocycles. The molecule has 1 aliphatic carbocycles. The molecule has 2 aliphatic heterocycles. The number of methoxy groups -OCH3 is 1. The van der Waals surface area contributed by atoms with Gasteiger partial charge in [-0.1, -0.05) is 27.7 Å². The number of aliphatic imine (C=N–C) groups is 2. The Balaban J connectivity index is 1.34. The fraction of sp³-hybridized carbons (Fsp3) is 0.686. The highest BCUT2D eigenvalue weighted by molar-refractivity contribution is 7.84. The number of hydrogen-bond donors (Lipinski definition) is 1. The van der Waals surface area contributed by atoms with Crippen molar-refractivity contribution in [2.24, 2.45) is 21.3 Å². The van der Waals surface area contributed by atoms with E-state index in [-0.39, 0.29) is 42.1 Å². The largest absolute Gasteiger partial charge is 0.494 e. The van der Waals surface area contributed by atoms with E-state index in [0.29, 0.717) is 50.9 Å². The van der Waals surface area contributed by atoms with Gasteiger partial charge >= 0.3 is 5.97 Å². The zero-order valence-electron chi connectivity index (χ0n) is 42.2. The first-order valence-corrected chi connectivity index (χ1v) is 25.6. The second-order valence-corrected chi connectivity index (χ2v) is 22.2. The fourth-order valence-corrected chi connectivity index (χ4v) is 9.92. The van der Waals surface area contributed by atoms with E-state index in [1.807, 2.05) is 40.8 Å². The number of anilines is 1. The molecule has 0 amide bonds. The molecule has 1 unspecified atom stereocenters. The Bertz CT molecular complexity index is 2200. The molecule has 366 valence electrons. The lowest BCUT2D eigenvalue weighted by molar-refractivity contribution is -0.143. The molecular formula is C51H79N7O7S. The van der Waals surface area contributed by atoms with Gasteiger partial charge < -0.3 is 33.2 Å². The highest BCUT2D eigenvalue weighted by atomic mass is 32.2. The average molecular weight is 934 g/mol. The summed E-state index contributed by atoms with van der Waals surface area (Å²) in [5.74, 6) is 1.74. The number of nitrogens with one attached hydrogen (secondary N) is 1. The number of fused-ring (bicyclic) bond motifs is 1. The molecular weight excluding hydrogens is 855 g/mol. The normalized spacial score (nSPS) is 19.9. The van der Waals surface area contributed by atoms with Crippen LogP contribution in [0.15, 0.2) is 40.4 Å². The quantitative estimate of drug-likeness (QED) is 0.0815. The molecule has 4 heterocycles. The van der Waals surface area contributed by atoms with E-state index in [0.717, 1.165) is 83.6 Å². The van der Waals surface area contributed by atoms with Gasteiger partial charge in [0, 0.05) is 74.7 Å². The number of piperazine rings is 1. The number of esters is 1. The maximum absolute atomic E-state index is 13.7. The van der Waals surface area contributed by atoms with Crippen molar-refractivity contribution >= 4 is 45.3 Å². The Morgan fingerprint density at radius 2 is 1.59 bits per heavy atom. The molecule has 1 saturated carbocycles. The van der Waals surface area contributed by atoms with Crippen LogP contribution >= 0.6 is 0 Å². The molecule has 1 saturated heterocycles. The number of ether oxygens (including phenoxy) is 5. The number of aromatic nitrogens is 2. The van der Waals surface area contributed by atoms with Crippen molar-refractivity contribution in [2.45, 2.75) is 157 Å². The fourth-order valence-electron chi connectivity index (χ4n) is 9.05. The number of carbonyl (C=O) groups is 1. The predicted molar refractivity (Wildman–Crippen MR) is 267 cm³/mol. The Labute approximate surface area is 397 Å². The molecule has 2 fully saturated rings. The van der Waals surface area contributed by atoms with Crippen LogP contribution in [-0.2, 0) is 47.7 Å². The van der Waals surface area contributed by atoms with Crippen molar-refractivity contribution in [1.82, 2.24) is 19.2 Å². The summed E-state index contributed by atoms with van der Waals surface area (Å²) in [6.45, 7) is 30.4. The Kier molecular flexibility index (Phi) is 17.4. The van der Waals surface area contributed by atoms with E-state index in [4.69, 9.17) is 38.7 Å². The van der Waals surface area contributed by atoms with E-state index < -0.39 is 21.8 Å². The van der Waals surface area contributed by atoms with Crippen LogP contribution in [0, 0.1) is 11.3 Å². The third kappa shape index (κ3) is 12.5. The lowest BCUT2D eigenvalue weighted by atomic mass is 9.84. The second-order valence-electron chi connectivity index (χ2n) is 20.2. The summed E-state index contributed by atoms with van der Waals surface area (Å²) in [4.78, 5) is 32.5. The van der Waals surface area contributed by atoms with Crippen molar-refractivity contribution in [3.05, 3.63) is 41.7 Å². The van der Waals surface area contributed by atoms with Gasteiger partial charge in [0.15, 0.2) is 0 Å². The molecule has 2 aromatic heterocycles. The number of carbonyl (C=O) groups excluding carboxylic acids is 1. The van der Waals surface area contributed by atoms with Gasteiger partial charge in [0.25, 0.3) is 0 Å². The SMILES string of the molecule is CCOC1=N[C@H](C(C)C)C(OCC)=N[C@H]1[C@H](CCCOc1ccc2c(c1)c(CC(C)(C)COC(C)=O)c(-c1cc(N3CCN(C4CC4)CC3)cnc1[C@H](C)OC)n2CC)NS(=O)C(C)(C)C. The highest BCUT2D eigenvalue weighted by Gasteiger charge is 2.38. The maximum Gasteiger partial charge on any atom is 0.302 e. The van der Waals surface area contributed by atoms with E-state index in [1.165, 1.54) is 19.8 Å². The zero-order chi connectivity index (χ0) is 47.9. The van der Waals surface area contributed by atoms with Crippen molar-refractivity contribution in [2.75, 3.05) is 64.6 Å². The van der Waals surface area contributed by atoms with E-state index in [2.05, 4.69) is 84.9 Å². The van der Waals surface area contributed by atoms with Crippen LogP contribution in [0.4, 0.5) is 5.69 Å². The summed E-state index contributed by atoms with van der Waals surface area (Å²) in [5, 5.41) is 1.08. The summed E-state index contributed by atoms with van der Waals surface area (Å²) in [6, 6.07) is 8.32. The Morgan fingerprint density at radius 3 is 2.18 bits per heavy atom. The van der Waals surface area contributed by atoms with Gasteiger partial charge in [-0.2, -0.15) is 0 Å². The van der Waals surface area contributed by atoms with Gasteiger partial charge in [-0.15, -0.1) is 0 Å². The monoisotopic (exact) mass is 934 g/mol. The number of aryl methyl sites for hydroxylation is 1. The minimum Gasteiger partial charge on any atom is -0.494 e. The number of hydrogen-bond acceptors (Lipinski definition) is 12. The summed E-state index contributed by atoms with van der Waals surface area (Å²) in [5.41, 5.74) is 5.98. The first kappa shape index (κ1) is 51.3. The molecule has 0 bridgehead atoms. The first-order valence-electron chi connectivity index (χ1n) is 24.4. The summed E-state index contributed by atoms with van der Waals surface area (Å²) >= 11 is 0. The standard InChI is InChI=1S/C51H79N7O7S/c1-14-58-43-22-21-38(64-27-17-18-42(55-66(60)50(8,9)10)46-49(63-16-3)53-44(33(4)5)48(54-46)62-15-2)29-39(43)41(30-51(11,12)32-65-35(7)59)47(58)40-28-37(31-52-45(40)34(6)61-13)57-25-23-56(24-26-57)36-19-20-36/h21-22,28-29,31,33-34,36,42,44,46,55H,14-20,23-27,30,32H2,1-13H3/t34-,42-,44+,46-,66?/m0/s1. The van der Waals surface area contributed by atoms with Crippen LogP contribution in [0.3, 0.4) is 0 Å². The van der Waals surface area contributed by atoms with Crippen molar-refractivity contribution in [3.63, 3.8) is 0 Å². The molecule has 1 N–H and O–H groups in total. The average Bonchev–Trinajstić information content (AvgIpc) is 4.09. The summed E-state index contributed by atoms with van der Waals surface area (Å²) < 4.78 is 49.4. The number of nitrogens with zero attached hydrogens (tertiary/aromatic N) is 6. The van der Waals surface area contributed by atoms with E-state index in [9.17, 15) is 9.00 Å². The summed E-state index contributed by atoms with van der Waals surface area (Å²) in [7, 11) is 0.357. The minimum atomic E-state index is -1.38. The van der Waals surface area contributed by atoms with Gasteiger partial charge in [-0.05, 0) is 116 Å². The highest BCUT2D eigenvalue weighted by Crippen LogP contribution is 2.43. The van der Waals surface area contributed by atoms with Gasteiger partial charge in [-0.3, -0.25) is 14.7 Å². The van der Waals surface area contributed by atoms with Gasteiger partial charge in [0.05, 0.1) is 77.6 Å². The van der Waals surface area contributed by atoms with Crippen LogP contribution in [-0.4, -0.2) is 125 Å². The molecule has 0 spiro atoms. The molecule has 6 rings (SSSR count). The van der Waals surface area contributed by atoms with Crippen LogP contribution < -0.4 is 14.4 Å². The Morgan fingerprint density at radius 1 is 0.924 bits per heavy atom. The molecule has 0 radical (unpaired) electrons. The molecule has 5 atom stereocenters. The summed E-state index contributed by atoms with van der Waals surface area (Å²) in [6.07, 6.45) is 6.28. The smallest absolute Gasteiger partial charge is 0.302 e. The molecule has 3 aliphatic rings. The van der Waals surface area contributed by atoms with Crippen LogP contribution in [0.25, 0.3) is 22.2 Å².